The number of nitrogens with one attached hydrogen (secondary N) is 2. The van der Waals surface area contributed by atoms with Gasteiger partial charge in [0.2, 0.25) is 11.8 Å². The molecule has 28 heavy (non-hydrogen) atoms. The number of carbonyl (C=O) groups excluding carboxylic acids is 2. The number of hydrogen-bond acceptors (Lipinski definition) is 4. The Morgan fingerprint density at radius 2 is 1.61 bits per heavy atom. The van der Waals surface area contributed by atoms with Crippen LogP contribution in [0.1, 0.15) is 11.8 Å². The maximum atomic E-state index is 12.6. The predicted octanol–water partition coefficient (Wildman–Crippen LogP) is 5.30. The van der Waals surface area contributed by atoms with Gasteiger partial charge in [0.25, 0.3) is 0 Å². The summed E-state index contributed by atoms with van der Waals surface area (Å²) >= 11 is 3.21. The van der Waals surface area contributed by atoms with Gasteiger partial charge >= 0.3 is 0 Å². The van der Waals surface area contributed by atoms with E-state index in [1.54, 1.807) is 35.2 Å². The first kappa shape index (κ1) is 20.2. The topological polar surface area (TPSA) is 58.2 Å². The van der Waals surface area contributed by atoms with Crippen LogP contribution in [0.2, 0.25) is 0 Å². The Labute approximate surface area is 173 Å². The van der Waals surface area contributed by atoms with Gasteiger partial charge in [-0.15, -0.1) is 23.1 Å². The maximum Gasteiger partial charge on any atom is 0.229 e. The van der Waals surface area contributed by atoms with E-state index in [4.69, 9.17) is 0 Å². The van der Waals surface area contributed by atoms with Gasteiger partial charge in [-0.1, -0.05) is 43.3 Å². The Balaban J connectivity index is 1.57. The number of anilines is 2. The van der Waals surface area contributed by atoms with Gasteiger partial charge in [0.05, 0.1) is 17.8 Å². The van der Waals surface area contributed by atoms with Gasteiger partial charge in [-0.25, -0.2) is 0 Å². The molecule has 2 amide bonds. The van der Waals surface area contributed by atoms with Crippen molar-refractivity contribution in [2.24, 2.45) is 5.92 Å². The van der Waals surface area contributed by atoms with Crippen molar-refractivity contribution < 1.29 is 9.59 Å². The highest BCUT2D eigenvalue weighted by Gasteiger charge is 2.16. The molecule has 3 aromatic rings. The average molecular weight is 411 g/mol. The molecule has 0 spiro atoms. The molecular formula is C22H22N2O2S2. The number of amides is 2. The van der Waals surface area contributed by atoms with Crippen molar-refractivity contribution in [1.29, 1.82) is 0 Å². The van der Waals surface area contributed by atoms with E-state index < -0.39 is 0 Å². The van der Waals surface area contributed by atoms with Crippen LogP contribution < -0.4 is 10.6 Å². The van der Waals surface area contributed by atoms with E-state index >= 15 is 0 Å². The normalized spacial score (nSPS) is 11.6. The molecule has 0 radical (unpaired) electrons. The molecule has 0 aliphatic heterocycles. The third-order valence-electron chi connectivity index (χ3n) is 4.06. The molecular weight excluding hydrogens is 388 g/mol. The molecule has 0 bridgehead atoms. The number of thioether (sulfide) groups is 1. The summed E-state index contributed by atoms with van der Waals surface area (Å²) in [7, 11) is 0. The number of rotatable bonds is 8. The van der Waals surface area contributed by atoms with Crippen LogP contribution in [0.3, 0.4) is 0 Å². The standard InChI is InChI=1S/C22H22N2O2S2/c1-16(15-28-17-8-3-2-4-9-17)22(26)24-20-12-6-5-11-19(20)23-21(25)14-18-10-7-13-27-18/h2-13,16H,14-15H2,1H3,(H,23,25)(H,24,26). The molecule has 0 fully saturated rings. The molecule has 1 unspecified atom stereocenters. The van der Waals surface area contributed by atoms with Crippen LogP contribution in [-0.2, 0) is 16.0 Å². The van der Waals surface area contributed by atoms with Crippen LogP contribution in [0, 0.1) is 5.92 Å². The lowest BCUT2D eigenvalue weighted by Crippen LogP contribution is -2.23. The van der Waals surface area contributed by atoms with Crippen molar-refractivity contribution in [3.63, 3.8) is 0 Å². The second-order valence-electron chi connectivity index (χ2n) is 6.36. The summed E-state index contributed by atoms with van der Waals surface area (Å²) in [6, 6.07) is 21.2. The van der Waals surface area contributed by atoms with Gasteiger partial charge in [-0.2, -0.15) is 0 Å². The van der Waals surface area contributed by atoms with Crippen LogP contribution >= 0.6 is 23.1 Å². The minimum atomic E-state index is -0.167. The Morgan fingerprint density at radius 3 is 2.29 bits per heavy atom. The predicted molar refractivity (Wildman–Crippen MR) is 118 cm³/mol. The first-order valence-corrected chi connectivity index (χ1v) is 10.9. The van der Waals surface area contributed by atoms with Gasteiger partial charge in [0, 0.05) is 21.4 Å². The molecule has 0 saturated heterocycles. The summed E-state index contributed by atoms with van der Waals surface area (Å²) in [4.78, 5) is 27.0. The Kier molecular flexibility index (Phi) is 7.28. The zero-order chi connectivity index (χ0) is 19.8. The summed E-state index contributed by atoms with van der Waals surface area (Å²) in [6.07, 6.45) is 0.323. The number of hydrogen-bond donors (Lipinski definition) is 2. The largest absolute Gasteiger partial charge is 0.324 e. The van der Waals surface area contributed by atoms with Gasteiger partial charge in [0.15, 0.2) is 0 Å². The van der Waals surface area contributed by atoms with Crippen LogP contribution in [0.15, 0.2) is 77.0 Å². The Bertz CT molecular complexity index is 911. The van der Waals surface area contributed by atoms with Crippen molar-refractivity contribution in [3.05, 3.63) is 77.0 Å². The van der Waals surface area contributed by atoms with E-state index in [0.29, 0.717) is 23.5 Å². The summed E-state index contributed by atoms with van der Waals surface area (Å²) in [5.74, 6) is 0.350. The summed E-state index contributed by atoms with van der Waals surface area (Å²) in [5, 5.41) is 7.80. The average Bonchev–Trinajstić information content (AvgIpc) is 3.21. The van der Waals surface area contributed by atoms with Crippen molar-refractivity contribution in [2.75, 3.05) is 16.4 Å². The fraction of sp³-hybridized carbons (Fsp3) is 0.182. The molecule has 2 aromatic carbocycles. The Hall–Kier alpha value is -2.57. The molecule has 1 atom stereocenters. The third kappa shape index (κ3) is 5.97. The summed E-state index contributed by atoms with van der Waals surface area (Å²) < 4.78 is 0. The maximum absolute atomic E-state index is 12.6. The number of para-hydroxylation sites is 2. The van der Waals surface area contributed by atoms with Gasteiger partial charge in [-0.3, -0.25) is 9.59 Å². The number of carbonyl (C=O) groups is 2. The first-order chi connectivity index (χ1) is 13.6. The third-order valence-corrected chi connectivity index (χ3v) is 6.21. The Morgan fingerprint density at radius 1 is 0.929 bits per heavy atom. The fourth-order valence-corrected chi connectivity index (χ4v) is 4.18. The van der Waals surface area contributed by atoms with Gasteiger partial charge < -0.3 is 10.6 Å². The minimum absolute atomic E-state index is 0.0663. The zero-order valence-electron chi connectivity index (χ0n) is 15.6. The SMILES string of the molecule is CC(CSc1ccccc1)C(=O)Nc1ccccc1NC(=O)Cc1cccs1. The van der Waals surface area contributed by atoms with Crippen LogP contribution in [0.25, 0.3) is 0 Å². The lowest BCUT2D eigenvalue weighted by Gasteiger charge is -2.15. The monoisotopic (exact) mass is 410 g/mol. The van der Waals surface area contributed by atoms with Crippen LogP contribution in [0.4, 0.5) is 11.4 Å². The molecule has 4 nitrogen and oxygen atoms in total. The molecule has 6 heteroatoms. The molecule has 2 N–H and O–H groups in total. The molecule has 0 aliphatic rings. The molecule has 1 heterocycles. The molecule has 0 saturated carbocycles. The number of benzene rings is 2. The second kappa shape index (κ2) is 10.1. The molecule has 3 rings (SSSR count). The van der Waals surface area contributed by atoms with E-state index in [1.165, 1.54) is 0 Å². The highest BCUT2D eigenvalue weighted by Crippen LogP contribution is 2.24. The van der Waals surface area contributed by atoms with Crippen molar-refractivity contribution >= 4 is 46.3 Å². The van der Waals surface area contributed by atoms with Gasteiger partial charge in [0.1, 0.15) is 0 Å². The number of thiophene rings is 1. The molecule has 0 aliphatic carbocycles. The van der Waals surface area contributed by atoms with E-state index in [9.17, 15) is 9.59 Å². The van der Waals surface area contributed by atoms with Crippen LogP contribution in [-0.4, -0.2) is 17.6 Å². The minimum Gasteiger partial charge on any atom is -0.324 e. The van der Waals surface area contributed by atoms with Crippen molar-refractivity contribution in [3.8, 4) is 0 Å². The lowest BCUT2D eigenvalue weighted by molar-refractivity contribution is -0.119. The van der Waals surface area contributed by atoms with E-state index in [1.807, 2.05) is 66.9 Å². The summed E-state index contributed by atoms with van der Waals surface area (Å²) in [6.45, 7) is 1.91. The first-order valence-electron chi connectivity index (χ1n) is 9.02. The van der Waals surface area contributed by atoms with Crippen LogP contribution in [0.5, 0.6) is 0 Å². The second-order valence-corrected chi connectivity index (χ2v) is 8.49. The van der Waals surface area contributed by atoms with Gasteiger partial charge in [-0.05, 0) is 35.7 Å². The van der Waals surface area contributed by atoms with Crippen molar-refractivity contribution in [1.82, 2.24) is 0 Å². The van der Waals surface area contributed by atoms with E-state index in [-0.39, 0.29) is 17.7 Å². The fourth-order valence-electron chi connectivity index (χ4n) is 2.54. The van der Waals surface area contributed by atoms with E-state index in [2.05, 4.69) is 10.6 Å². The smallest absolute Gasteiger partial charge is 0.229 e. The highest BCUT2D eigenvalue weighted by atomic mass is 32.2. The summed E-state index contributed by atoms with van der Waals surface area (Å²) in [5.41, 5.74) is 1.23. The molecule has 144 valence electrons. The quantitative estimate of drug-likeness (QED) is 0.496. The highest BCUT2D eigenvalue weighted by molar-refractivity contribution is 7.99. The lowest BCUT2D eigenvalue weighted by atomic mass is 10.2. The molecule has 1 aromatic heterocycles. The van der Waals surface area contributed by atoms with Crippen molar-refractivity contribution in [2.45, 2.75) is 18.2 Å². The van der Waals surface area contributed by atoms with E-state index in [0.717, 1.165) is 9.77 Å². The zero-order valence-corrected chi connectivity index (χ0v) is 17.2.